The molecule has 1 aliphatic rings. The summed E-state index contributed by atoms with van der Waals surface area (Å²) >= 11 is 0. The molecule has 98 valence electrons. The number of hydrogen-bond acceptors (Lipinski definition) is 4. The van der Waals surface area contributed by atoms with Crippen LogP contribution in [0, 0.1) is 15.9 Å². The van der Waals surface area contributed by atoms with Crippen LogP contribution in [0.5, 0.6) is 5.75 Å². The Morgan fingerprint density at radius 3 is 2.56 bits per heavy atom. The Morgan fingerprint density at radius 2 is 2.00 bits per heavy atom. The van der Waals surface area contributed by atoms with Gasteiger partial charge in [0.1, 0.15) is 0 Å². The average molecular weight is 254 g/mol. The second kappa shape index (κ2) is 5.30. The minimum atomic E-state index is -0.695. The Hall–Kier alpha value is -1.69. The topological polar surface area (TPSA) is 78.4 Å². The summed E-state index contributed by atoms with van der Waals surface area (Å²) in [5.74, 6) is -0.625. The Labute approximate surface area is 104 Å². The lowest BCUT2D eigenvalue weighted by Crippen LogP contribution is -2.31. The van der Waals surface area contributed by atoms with Crippen molar-refractivity contribution in [2.75, 3.05) is 0 Å². The van der Waals surface area contributed by atoms with E-state index >= 15 is 0 Å². The molecule has 0 bridgehead atoms. The van der Waals surface area contributed by atoms with Crippen molar-refractivity contribution < 1.29 is 14.1 Å². The van der Waals surface area contributed by atoms with Crippen LogP contribution in [0.1, 0.15) is 25.7 Å². The van der Waals surface area contributed by atoms with Crippen molar-refractivity contribution in [3.8, 4) is 5.75 Å². The molecule has 0 aliphatic heterocycles. The number of benzene rings is 1. The van der Waals surface area contributed by atoms with Crippen LogP contribution in [-0.2, 0) is 0 Å². The van der Waals surface area contributed by atoms with E-state index in [1.54, 1.807) is 0 Å². The number of rotatable bonds is 3. The molecule has 0 atom stereocenters. The van der Waals surface area contributed by atoms with Crippen molar-refractivity contribution in [3.05, 3.63) is 34.1 Å². The molecule has 0 saturated heterocycles. The molecule has 0 amide bonds. The molecule has 6 heteroatoms. The van der Waals surface area contributed by atoms with Gasteiger partial charge in [0.25, 0.3) is 5.69 Å². The second-order valence-electron chi connectivity index (χ2n) is 4.53. The number of nitrogens with two attached hydrogens (primary N) is 1. The zero-order valence-corrected chi connectivity index (χ0v) is 9.84. The first kappa shape index (κ1) is 12.8. The van der Waals surface area contributed by atoms with Crippen LogP contribution < -0.4 is 10.5 Å². The third kappa shape index (κ3) is 2.95. The highest BCUT2D eigenvalue weighted by Crippen LogP contribution is 2.27. The second-order valence-corrected chi connectivity index (χ2v) is 4.53. The molecular formula is C12H15FN2O3. The van der Waals surface area contributed by atoms with Gasteiger partial charge < -0.3 is 10.5 Å². The van der Waals surface area contributed by atoms with E-state index in [0.29, 0.717) is 0 Å². The Morgan fingerprint density at radius 1 is 1.33 bits per heavy atom. The highest BCUT2D eigenvalue weighted by Gasteiger charge is 2.21. The van der Waals surface area contributed by atoms with E-state index in [4.69, 9.17) is 10.5 Å². The molecule has 2 N–H and O–H groups in total. The smallest absolute Gasteiger partial charge is 0.272 e. The summed E-state index contributed by atoms with van der Waals surface area (Å²) < 4.78 is 19.1. The van der Waals surface area contributed by atoms with Crippen LogP contribution in [0.3, 0.4) is 0 Å². The van der Waals surface area contributed by atoms with Crippen molar-refractivity contribution in [1.29, 1.82) is 0 Å². The third-order valence-electron chi connectivity index (χ3n) is 3.14. The maximum atomic E-state index is 13.6. The lowest BCUT2D eigenvalue weighted by atomic mass is 9.94. The van der Waals surface area contributed by atoms with Gasteiger partial charge in [0.05, 0.1) is 17.1 Å². The van der Waals surface area contributed by atoms with Crippen LogP contribution in [0.2, 0.25) is 0 Å². The van der Waals surface area contributed by atoms with E-state index in [-0.39, 0.29) is 23.6 Å². The fraction of sp³-hybridized carbons (Fsp3) is 0.500. The standard InChI is InChI=1S/C12H15FN2O3/c13-11-7-9(15(16)17)3-6-12(11)18-10-4-1-8(14)2-5-10/h3,6-8,10H,1-2,4-5,14H2. The molecule has 5 nitrogen and oxygen atoms in total. The highest BCUT2D eigenvalue weighted by molar-refractivity contribution is 5.37. The third-order valence-corrected chi connectivity index (χ3v) is 3.14. The lowest BCUT2D eigenvalue weighted by molar-refractivity contribution is -0.385. The largest absolute Gasteiger partial charge is 0.487 e. The minimum Gasteiger partial charge on any atom is -0.487 e. The highest BCUT2D eigenvalue weighted by atomic mass is 19.1. The van der Waals surface area contributed by atoms with Gasteiger partial charge in [-0.25, -0.2) is 4.39 Å². The SMILES string of the molecule is NC1CCC(Oc2ccc([N+](=O)[O-])cc2F)CC1. The molecule has 1 aromatic carbocycles. The zero-order chi connectivity index (χ0) is 13.1. The number of nitrogens with zero attached hydrogens (tertiary/aromatic N) is 1. The quantitative estimate of drug-likeness (QED) is 0.663. The number of halogens is 1. The number of hydrogen-bond donors (Lipinski definition) is 1. The van der Waals surface area contributed by atoms with Gasteiger partial charge in [0, 0.05) is 12.1 Å². The van der Waals surface area contributed by atoms with Gasteiger partial charge in [-0.3, -0.25) is 10.1 Å². The van der Waals surface area contributed by atoms with E-state index in [1.807, 2.05) is 0 Å². The number of nitro benzene ring substituents is 1. The van der Waals surface area contributed by atoms with Crippen molar-refractivity contribution in [2.45, 2.75) is 37.8 Å². The van der Waals surface area contributed by atoms with Gasteiger partial charge >= 0.3 is 0 Å². The summed E-state index contributed by atoms with van der Waals surface area (Å²) in [5.41, 5.74) is 5.50. The Kier molecular flexibility index (Phi) is 3.76. The van der Waals surface area contributed by atoms with Crippen LogP contribution in [-0.4, -0.2) is 17.1 Å². The molecule has 0 radical (unpaired) electrons. The first-order valence-electron chi connectivity index (χ1n) is 5.92. The fourth-order valence-electron chi connectivity index (χ4n) is 2.08. The molecule has 1 aliphatic carbocycles. The van der Waals surface area contributed by atoms with Crippen molar-refractivity contribution >= 4 is 5.69 Å². The monoisotopic (exact) mass is 254 g/mol. The van der Waals surface area contributed by atoms with Gasteiger partial charge in [0.15, 0.2) is 11.6 Å². The van der Waals surface area contributed by atoms with Gasteiger partial charge in [-0.1, -0.05) is 0 Å². The molecule has 0 unspecified atom stereocenters. The average Bonchev–Trinajstić information content (AvgIpc) is 2.34. The van der Waals surface area contributed by atoms with E-state index in [2.05, 4.69) is 0 Å². The van der Waals surface area contributed by atoms with E-state index in [0.717, 1.165) is 31.7 Å². The summed E-state index contributed by atoms with van der Waals surface area (Å²) in [4.78, 5) is 9.84. The van der Waals surface area contributed by atoms with Crippen LogP contribution in [0.4, 0.5) is 10.1 Å². The van der Waals surface area contributed by atoms with Crippen molar-refractivity contribution in [3.63, 3.8) is 0 Å². The van der Waals surface area contributed by atoms with Crippen molar-refractivity contribution in [1.82, 2.24) is 0 Å². The maximum Gasteiger partial charge on any atom is 0.272 e. The van der Waals surface area contributed by atoms with Crippen LogP contribution in [0.15, 0.2) is 18.2 Å². The molecule has 1 aromatic rings. The summed E-state index contributed by atoms with van der Waals surface area (Å²) in [6, 6.07) is 3.63. The van der Waals surface area contributed by atoms with Crippen molar-refractivity contribution in [2.24, 2.45) is 5.73 Å². The molecule has 18 heavy (non-hydrogen) atoms. The van der Waals surface area contributed by atoms with Gasteiger partial charge in [-0.2, -0.15) is 0 Å². The zero-order valence-electron chi connectivity index (χ0n) is 9.84. The molecule has 0 heterocycles. The van der Waals surface area contributed by atoms with Gasteiger partial charge in [0.2, 0.25) is 0 Å². The Balaban J connectivity index is 2.03. The first-order chi connectivity index (χ1) is 8.56. The van der Waals surface area contributed by atoms with Gasteiger partial charge in [-0.05, 0) is 31.7 Å². The summed E-state index contributed by atoms with van der Waals surface area (Å²) in [6.45, 7) is 0. The van der Waals surface area contributed by atoms with Crippen LogP contribution >= 0.6 is 0 Å². The van der Waals surface area contributed by atoms with E-state index < -0.39 is 10.7 Å². The molecule has 1 fully saturated rings. The first-order valence-corrected chi connectivity index (χ1v) is 5.92. The number of ether oxygens (including phenoxy) is 1. The minimum absolute atomic E-state index is 0.0549. The predicted molar refractivity (Wildman–Crippen MR) is 63.9 cm³/mol. The Bertz CT molecular complexity index is 445. The molecule has 2 rings (SSSR count). The van der Waals surface area contributed by atoms with Crippen LogP contribution in [0.25, 0.3) is 0 Å². The molecule has 1 saturated carbocycles. The normalized spacial score (nSPS) is 23.7. The fourth-order valence-corrected chi connectivity index (χ4v) is 2.08. The van der Waals surface area contributed by atoms with E-state index in [9.17, 15) is 14.5 Å². The molecular weight excluding hydrogens is 239 g/mol. The van der Waals surface area contributed by atoms with E-state index in [1.165, 1.54) is 12.1 Å². The summed E-state index contributed by atoms with van der Waals surface area (Å²) in [7, 11) is 0. The number of nitro groups is 1. The molecule has 0 spiro atoms. The lowest BCUT2D eigenvalue weighted by Gasteiger charge is -2.26. The summed E-state index contributed by atoms with van der Waals surface area (Å²) in [5, 5.41) is 10.5. The predicted octanol–water partition coefficient (Wildman–Crippen LogP) is 2.38. The number of non-ortho nitro benzene ring substituents is 1. The maximum absolute atomic E-state index is 13.6. The van der Waals surface area contributed by atoms with Gasteiger partial charge in [-0.15, -0.1) is 0 Å². The summed E-state index contributed by atoms with van der Waals surface area (Å²) in [6.07, 6.45) is 3.24. The molecule has 0 aromatic heterocycles.